The summed E-state index contributed by atoms with van der Waals surface area (Å²) in [6.07, 6.45) is -0.421. The summed E-state index contributed by atoms with van der Waals surface area (Å²) >= 11 is 0. The van der Waals surface area contributed by atoms with Crippen molar-refractivity contribution in [1.29, 1.82) is 0 Å². The van der Waals surface area contributed by atoms with Gasteiger partial charge in [0.1, 0.15) is 11.5 Å². The molecule has 2 atom stereocenters. The van der Waals surface area contributed by atoms with Crippen molar-refractivity contribution >= 4 is 23.9 Å². The Balaban J connectivity index is 0.00000384. The van der Waals surface area contributed by atoms with E-state index in [1.54, 1.807) is 34.9 Å². The molecule has 0 aliphatic heterocycles. The zero-order chi connectivity index (χ0) is 32.7. The minimum atomic E-state index is -1.44. The minimum Gasteiger partial charge on any atom is -0.550 e. The number of aliphatic carboxylic acids is 1. The van der Waals surface area contributed by atoms with Crippen molar-refractivity contribution in [3.8, 4) is 22.3 Å². The summed E-state index contributed by atoms with van der Waals surface area (Å²) in [5.41, 5.74) is 3.96. The van der Waals surface area contributed by atoms with E-state index in [1.807, 2.05) is 44.2 Å². The maximum absolute atomic E-state index is 14.1. The number of nitrogens with one attached hydrogen (secondary N) is 1. The van der Waals surface area contributed by atoms with Gasteiger partial charge in [0.05, 0.1) is 18.2 Å². The molecule has 0 fully saturated rings. The summed E-state index contributed by atoms with van der Waals surface area (Å²) in [6, 6.07) is 20.7. The molecule has 0 spiro atoms. The van der Waals surface area contributed by atoms with Crippen molar-refractivity contribution in [2.24, 2.45) is 0 Å². The van der Waals surface area contributed by atoms with Crippen LogP contribution in [0, 0.1) is 5.82 Å². The second-order valence-corrected chi connectivity index (χ2v) is 10.9. The molecule has 0 aliphatic carbocycles. The number of aromatic carboxylic acids is 1. The Hall–Kier alpha value is -3.06. The Bertz CT molecular complexity index is 1690. The molecule has 0 radical (unpaired) electrons. The number of aromatic nitrogens is 1. The van der Waals surface area contributed by atoms with Crippen molar-refractivity contribution in [3.63, 3.8) is 0 Å². The molecule has 0 bridgehead atoms. The summed E-state index contributed by atoms with van der Waals surface area (Å²) in [5, 5.41) is 45.6. The predicted molar refractivity (Wildman–Crippen MR) is 163 cm³/mol. The third-order valence-corrected chi connectivity index (χ3v) is 7.21. The van der Waals surface area contributed by atoms with Crippen LogP contribution in [0.4, 0.5) is 4.39 Å². The van der Waals surface area contributed by atoms with E-state index in [9.17, 15) is 39.2 Å². The molecular weight excluding hydrogens is 625 g/mol. The molecule has 4 rings (SSSR count). The molecule has 1 aromatic heterocycles. The first-order valence-corrected chi connectivity index (χ1v) is 14.4. The number of carboxylic acids is 2. The topological polar surface area (TPSA) is 155 Å². The molecule has 234 valence electrons. The second kappa shape index (κ2) is 18.5. The van der Waals surface area contributed by atoms with Gasteiger partial charge in [0, 0.05) is 48.2 Å². The molecule has 3 aromatic carbocycles. The minimum absolute atomic E-state index is 0. The molecule has 0 unspecified atom stereocenters. The van der Waals surface area contributed by atoms with Gasteiger partial charge in [0.2, 0.25) is 0 Å². The maximum Gasteiger partial charge on any atom is 1.00 e. The normalized spacial score (nSPS) is 12.2. The second-order valence-electron chi connectivity index (χ2n) is 10.9. The largest absolute Gasteiger partial charge is 1.00 e. The van der Waals surface area contributed by atoms with Crippen LogP contribution in [-0.2, 0) is 11.3 Å². The van der Waals surface area contributed by atoms with E-state index in [1.165, 1.54) is 30.3 Å². The number of rotatable bonds is 13. The third-order valence-electron chi connectivity index (χ3n) is 7.21. The number of carbonyl (C=O) groups excluding carboxylic acids is 3. The SMILES string of the molecule is CC(C)n1c(/C=C/[C@@H](O)C[C@@H](O)CC(=O)[O-])c(-c2ccc(F)cc2)c(-c2ccccc2)c1C(=O)NCc1ccc(C(=O)[O-])cc1.[Na+].[Na+]. The molecular formula is C35H33FN2Na2O7. The van der Waals surface area contributed by atoms with Gasteiger partial charge in [0.25, 0.3) is 5.91 Å². The van der Waals surface area contributed by atoms with Gasteiger partial charge >= 0.3 is 59.1 Å². The van der Waals surface area contributed by atoms with E-state index < -0.39 is 42.3 Å². The van der Waals surface area contributed by atoms with E-state index in [0.29, 0.717) is 39.2 Å². The zero-order valence-electron chi connectivity index (χ0n) is 26.8. The number of nitrogens with zero attached hydrogens (tertiary/aromatic N) is 1. The van der Waals surface area contributed by atoms with E-state index in [-0.39, 0.29) is 83.7 Å². The Morgan fingerprint density at radius 3 is 2.02 bits per heavy atom. The van der Waals surface area contributed by atoms with Gasteiger partial charge < -0.3 is 39.9 Å². The van der Waals surface area contributed by atoms with Crippen LogP contribution >= 0.6 is 0 Å². The van der Waals surface area contributed by atoms with Crippen molar-refractivity contribution < 1.29 is 98.3 Å². The fraction of sp³-hybridized carbons (Fsp3) is 0.229. The summed E-state index contributed by atoms with van der Waals surface area (Å²) in [7, 11) is 0. The first-order valence-electron chi connectivity index (χ1n) is 14.4. The van der Waals surface area contributed by atoms with E-state index in [2.05, 4.69) is 5.32 Å². The number of aliphatic hydroxyl groups excluding tert-OH is 2. The van der Waals surface area contributed by atoms with Crippen molar-refractivity contribution in [1.82, 2.24) is 9.88 Å². The molecule has 47 heavy (non-hydrogen) atoms. The molecule has 12 heteroatoms. The van der Waals surface area contributed by atoms with Crippen molar-refractivity contribution in [2.75, 3.05) is 0 Å². The van der Waals surface area contributed by atoms with Crippen molar-refractivity contribution in [2.45, 2.75) is 51.5 Å². The van der Waals surface area contributed by atoms with Crippen LogP contribution in [0.3, 0.4) is 0 Å². The van der Waals surface area contributed by atoms with Crippen LogP contribution in [-0.4, -0.2) is 44.8 Å². The quantitative estimate of drug-likeness (QED) is 0.130. The number of benzene rings is 3. The molecule has 1 heterocycles. The van der Waals surface area contributed by atoms with Gasteiger partial charge in [-0.25, -0.2) is 4.39 Å². The number of halogens is 1. The van der Waals surface area contributed by atoms with Gasteiger partial charge in [-0.1, -0.05) is 72.8 Å². The first kappa shape index (κ1) is 40.1. The Morgan fingerprint density at radius 1 is 0.872 bits per heavy atom. The summed E-state index contributed by atoms with van der Waals surface area (Å²) in [4.78, 5) is 36.1. The maximum atomic E-state index is 14.1. The Labute approximate surface area is 316 Å². The number of carboxylic acid groups (broad SMARTS) is 2. The van der Waals surface area contributed by atoms with Crippen LogP contribution in [0.15, 0.2) is 84.9 Å². The number of amides is 1. The average molecular weight is 659 g/mol. The van der Waals surface area contributed by atoms with Crippen molar-refractivity contribution in [3.05, 3.63) is 113 Å². The van der Waals surface area contributed by atoms with Crippen LogP contribution < -0.4 is 74.6 Å². The number of carbonyl (C=O) groups is 3. The molecule has 3 N–H and O–H groups in total. The van der Waals surface area contributed by atoms with E-state index in [0.717, 1.165) is 0 Å². The monoisotopic (exact) mass is 658 g/mol. The molecule has 0 saturated heterocycles. The van der Waals surface area contributed by atoms with Gasteiger partial charge in [-0.2, -0.15) is 0 Å². The van der Waals surface area contributed by atoms with Gasteiger partial charge in [0.15, 0.2) is 0 Å². The number of aliphatic hydroxyl groups is 2. The summed E-state index contributed by atoms with van der Waals surface area (Å²) in [5.74, 6) is -3.62. The molecule has 0 aliphatic rings. The standard InChI is InChI=1S/C35H35FN2O7.2Na/c1-21(2)38-29(17-16-27(39)18-28(40)19-30(41)42)31(24-12-14-26(36)15-13-24)32(23-6-4-3-5-7-23)33(38)34(43)37-20-22-8-10-25(11-9-22)35(44)45;;/h3-17,21,27-28,39-40H,18-20H2,1-2H3,(H,37,43)(H,41,42)(H,44,45);;/q;2*+1/p-2/b17-16+;;/t27-,28-;;/m1../s1. The Kier molecular flexibility index (Phi) is 15.8. The number of hydrogen-bond acceptors (Lipinski definition) is 7. The predicted octanol–water partition coefficient (Wildman–Crippen LogP) is -2.89. The molecule has 4 aromatic rings. The molecule has 1 amide bonds. The fourth-order valence-electron chi connectivity index (χ4n) is 5.19. The summed E-state index contributed by atoms with van der Waals surface area (Å²) < 4.78 is 15.8. The van der Waals surface area contributed by atoms with Gasteiger partial charge in [-0.05, 0) is 54.3 Å². The van der Waals surface area contributed by atoms with E-state index in [4.69, 9.17) is 0 Å². The zero-order valence-corrected chi connectivity index (χ0v) is 30.8. The summed E-state index contributed by atoms with van der Waals surface area (Å²) in [6.45, 7) is 3.86. The smallest absolute Gasteiger partial charge is 0.550 e. The van der Waals surface area contributed by atoms with Crippen LogP contribution in [0.2, 0.25) is 0 Å². The van der Waals surface area contributed by atoms with Crippen LogP contribution in [0.5, 0.6) is 0 Å². The van der Waals surface area contributed by atoms with Gasteiger partial charge in [-0.15, -0.1) is 0 Å². The Morgan fingerprint density at radius 2 is 1.47 bits per heavy atom. The molecule has 0 saturated carbocycles. The number of hydrogen-bond donors (Lipinski definition) is 3. The van der Waals surface area contributed by atoms with Crippen LogP contribution in [0.1, 0.15) is 64.8 Å². The molecule has 9 nitrogen and oxygen atoms in total. The van der Waals surface area contributed by atoms with E-state index >= 15 is 0 Å². The average Bonchev–Trinajstić information content (AvgIpc) is 3.35. The third kappa shape index (κ3) is 10.5. The van der Waals surface area contributed by atoms with Crippen LogP contribution in [0.25, 0.3) is 28.3 Å². The van der Waals surface area contributed by atoms with Gasteiger partial charge in [-0.3, -0.25) is 4.79 Å². The first-order chi connectivity index (χ1) is 21.5. The fourth-order valence-corrected chi connectivity index (χ4v) is 5.19.